The van der Waals surface area contributed by atoms with E-state index in [-0.39, 0.29) is 23.1 Å². The molecule has 144 valence electrons. The van der Waals surface area contributed by atoms with Crippen molar-refractivity contribution in [3.63, 3.8) is 0 Å². The van der Waals surface area contributed by atoms with E-state index < -0.39 is 17.8 Å². The normalized spacial score (nSPS) is 11.9. The van der Waals surface area contributed by atoms with Gasteiger partial charge in [-0.25, -0.2) is 14.4 Å². The molecule has 5 nitrogen and oxygen atoms in total. The highest BCUT2D eigenvalue weighted by Gasteiger charge is 2.16. The molecule has 0 bridgehead atoms. The van der Waals surface area contributed by atoms with Crippen LogP contribution in [0.4, 0.5) is 4.39 Å². The quantitative estimate of drug-likeness (QED) is 0.643. The first kappa shape index (κ1) is 20.2. The molecule has 0 aliphatic rings. The number of benzene rings is 2. The van der Waals surface area contributed by atoms with E-state index in [1.807, 2.05) is 0 Å². The lowest BCUT2D eigenvalue weighted by atomic mass is 10.1. The van der Waals surface area contributed by atoms with Crippen molar-refractivity contribution in [1.29, 1.82) is 0 Å². The maximum absolute atomic E-state index is 13.5. The minimum absolute atomic E-state index is 0.0714. The molecule has 28 heavy (non-hydrogen) atoms. The number of aromatic nitrogens is 2. The largest absolute Gasteiger partial charge is 0.394 e. The van der Waals surface area contributed by atoms with Crippen molar-refractivity contribution in [1.82, 2.24) is 15.3 Å². The standard InChI is InChI=1S/C20H16Cl2FN3O2/c1-11(10-27)24-20(28)18-9-17(12-2-5-14(21)6-3-12)25-19(26-18)13-4-7-16(23)15(22)8-13/h2-9,11,27H,10H2,1H3,(H,24,28)/t11-/m0/s1. The fourth-order valence-electron chi connectivity index (χ4n) is 2.44. The van der Waals surface area contributed by atoms with Gasteiger partial charge in [0.25, 0.3) is 5.91 Å². The Labute approximate surface area is 171 Å². The lowest BCUT2D eigenvalue weighted by Crippen LogP contribution is -2.35. The summed E-state index contributed by atoms with van der Waals surface area (Å²) in [7, 11) is 0. The first-order valence-electron chi connectivity index (χ1n) is 8.39. The highest BCUT2D eigenvalue weighted by atomic mass is 35.5. The van der Waals surface area contributed by atoms with Crippen LogP contribution in [-0.2, 0) is 0 Å². The molecule has 8 heteroatoms. The fraction of sp³-hybridized carbons (Fsp3) is 0.150. The summed E-state index contributed by atoms with van der Waals surface area (Å²) in [6.07, 6.45) is 0. The summed E-state index contributed by atoms with van der Waals surface area (Å²) in [5.41, 5.74) is 1.79. The number of aliphatic hydroxyl groups is 1. The Morgan fingerprint density at radius 3 is 2.43 bits per heavy atom. The third-order valence-corrected chi connectivity index (χ3v) is 4.47. The Morgan fingerprint density at radius 1 is 1.11 bits per heavy atom. The average Bonchev–Trinajstić information content (AvgIpc) is 2.70. The maximum atomic E-state index is 13.5. The van der Waals surface area contributed by atoms with E-state index in [4.69, 9.17) is 28.3 Å². The van der Waals surface area contributed by atoms with Crippen LogP contribution in [0.3, 0.4) is 0 Å². The molecule has 2 N–H and O–H groups in total. The van der Waals surface area contributed by atoms with Crippen LogP contribution in [0.15, 0.2) is 48.5 Å². The second-order valence-electron chi connectivity index (χ2n) is 6.15. The molecule has 0 radical (unpaired) electrons. The van der Waals surface area contributed by atoms with Crippen LogP contribution in [0.1, 0.15) is 17.4 Å². The first-order chi connectivity index (χ1) is 13.4. The lowest BCUT2D eigenvalue weighted by Gasteiger charge is -2.12. The van der Waals surface area contributed by atoms with Crippen molar-refractivity contribution in [2.75, 3.05) is 6.61 Å². The van der Waals surface area contributed by atoms with Crippen molar-refractivity contribution in [2.24, 2.45) is 0 Å². The smallest absolute Gasteiger partial charge is 0.270 e. The highest BCUT2D eigenvalue weighted by Crippen LogP contribution is 2.26. The van der Waals surface area contributed by atoms with Crippen molar-refractivity contribution in [3.8, 4) is 22.6 Å². The molecule has 0 unspecified atom stereocenters. The first-order valence-corrected chi connectivity index (χ1v) is 9.15. The van der Waals surface area contributed by atoms with Crippen molar-refractivity contribution < 1.29 is 14.3 Å². The molecule has 1 atom stereocenters. The lowest BCUT2D eigenvalue weighted by molar-refractivity contribution is 0.0917. The molecule has 1 heterocycles. The van der Waals surface area contributed by atoms with Gasteiger partial charge in [0.2, 0.25) is 0 Å². The highest BCUT2D eigenvalue weighted by molar-refractivity contribution is 6.31. The van der Waals surface area contributed by atoms with Gasteiger partial charge in [-0.15, -0.1) is 0 Å². The van der Waals surface area contributed by atoms with Crippen molar-refractivity contribution in [2.45, 2.75) is 13.0 Å². The maximum Gasteiger partial charge on any atom is 0.270 e. The van der Waals surface area contributed by atoms with Gasteiger partial charge >= 0.3 is 0 Å². The van der Waals surface area contributed by atoms with Gasteiger partial charge in [0.1, 0.15) is 11.5 Å². The Balaban J connectivity index is 2.11. The average molecular weight is 420 g/mol. The van der Waals surface area contributed by atoms with Crippen LogP contribution in [0.25, 0.3) is 22.6 Å². The Bertz CT molecular complexity index is 1010. The van der Waals surface area contributed by atoms with Crippen LogP contribution in [0.2, 0.25) is 10.0 Å². The van der Waals surface area contributed by atoms with Crippen molar-refractivity contribution >= 4 is 29.1 Å². The number of hydrogen-bond acceptors (Lipinski definition) is 4. The van der Waals surface area contributed by atoms with Crippen LogP contribution in [0.5, 0.6) is 0 Å². The van der Waals surface area contributed by atoms with Gasteiger partial charge in [-0.2, -0.15) is 0 Å². The van der Waals surface area contributed by atoms with Gasteiger partial charge in [-0.05, 0) is 43.3 Å². The van der Waals surface area contributed by atoms with Crippen LogP contribution >= 0.6 is 23.2 Å². The Morgan fingerprint density at radius 2 is 1.79 bits per heavy atom. The SMILES string of the molecule is C[C@@H](CO)NC(=O)c1cc(-c2ccc(Cl)cc2)nc(-c2ccc(F)c(Cl)c2)n1. The van der Waals surface area contributed by atoms with E-state index in [1.54, 1.807) is 31.2 Å². The van der Waals surface area contributed by atoms with E-state index >= 15 is 0 Å². The van der Waals surface area contributed by atoms with E-state index in [2.05, 4.69) is 15.3 Å². The summed E-state index contributed by atoms with van der Waals surface area (Å²) < 4.78 is 13.5. The summed E-state index contributed by atoms with van der Waals surface area (Å²) in [6.45, 7) is 1.46. The molecule has 0 spiro atoms. The zero-order valence-electron chi connectivity index (χ0n) is 14.8. The number of rotatable bonds is 5. The zero-order chi connectivity index (χ0) is 20.3. The fourth-order valence-corrected chi connectivity index (χ4v) is 2.75. The van der Waals surface area contributed by atoms with Gasteiger partial charge in [0.05, 0.1) is 17.3 Å². The monoisotopic (exact) mass is 419 g/mol. The van der Waals surface area contributed by atoms with Crippen molar-refractivity contribution in [3.05, 3.63) is 70.1 Å². The predicted molar refractivity (Wildman–Crippen MR) is 107 cm³/mol. The molecule has 0 saturated heterocycles. The van der Waals surface area contributed by atoms with Gasteiger partial charge in [-0.1, -0.05) is 35.3 Å². The third kappa shape index (κ3) is 4.65. The number of nitrogens with one attached hydrogen (secondary N) is 1. The number of nitrogens with zero attached hydrogens (tertiary/aromatic N) is 2. The van der Waals surface area contributed by atoms with E-state index in [0.29, 0.717) is 16.3 Å². The molecule has 0 saturated carbocycles. The molecule has 0 aliphatic heterocycles. The van der Waals surface area contributed by atoms with Crippen LogP contribution < -0.4 is 5.32 Å². The van der Waals surface area contributed by atoms with Gasteiger partial charge in [0.15, 0.2) is 5.82 Å². The molecular weight excluding hydrogens is 404 g/mol. The minimum Gasteiger partial charge on any atom is -0.394 e. The topological polar surface area (TPSA) is 75.1 Å². The Kier molecular flexibility index (Phi) is 6.24. The molecule has 0 fully saturated rings. The number of hydrogen-bond donors (Lipinski definition) is 2. The zero-order valence-corrected chi connectivity index (χ0v) is 16.3. The molecule has 1 amide bonds. The second-order valence-corrected chi connectivity index (χ2v) is 7.00. The number of carbonyl (C=O) groups is 1. The minimum atomic E-state index is -0.561. The second kappa shape index (κ2) is 8.65. The van der Waals surface area contributed by atoms with Crippen LogP contribution in [0, 0.1) is 5.82 Å². The molecular formula is C20H16Cl2FN3O2. The number of halogens is 3. The number of carbonyl (C=O) groups excluding carboxylic acids is 1. The number of aliphatic hydroxyl groups excluding tert-OH is 1. The summed E-state index contributed by atoms with van der Waals surface area (Å²) in [6, 6.07) is 12.2. The molecule has 3 rings (SSSR count). The summed E-state index contributed by atoms with van der Waals surface area (Å²) in [4.78, 5) is 21.3. The van der Waals surface area contributed by atoms with E-state index in [1.165, 1.54) is 24.3 Å². The van der Waals surface area contributed by atoms with E-state index in [9.17, 15) is 9.18 Å². The number of amides is 1. The van der Waals surface area contributed by atoms with Gasteiger partial charge in [-0.3, -0.25) is 4.79 Å². The van der Waals surface area contributed by atoms with Crippen LogP contribution in [-0.4, -0.2) is 33.6 Å². The molecule has 3 aromatic rings. The van der Waals surface area contributed by atoms with Gasteiger partial charge < -0.3 is 10.4 Å². The molecule has 2 aromatic carbocycles. The molecule has 1 aromatic heterocycles. The summed E-state index contributed by atoms with van der Waals surface area (Å²) in [5.74, 6) is -0.807. The molecule has 0 aliphatic carbocycles. The van der Waals surface area contributed by atoms with Gasteiger partial charge in [0, 0.05) is 22.2 Å². The Hall–Kier alpha value is -2.54. The van der Waals surface area contributed by atoms with E-state index in [0.717, 1.165) is 5.56 Å². The predicted octanol–water partition coefficient (Wildman–Crippen LogP) is 4.37. The third-order valence-electron chi connectivity index (χ3n) is 3.93. The summed E-state index contributed by atoms with van der Waals surface area (Å²) >= 11 is 11.8. The summed E-state index contributed by atoms with van der Waals surface area (Å²) in [5, 5.41) is 12.3.